The summed E-state index contributed by atoms with van der Waals surface area (Å²) in [7, 11) is -2.05. The van der Waals surface area contributed by atoms with Crippen LogP contribution in [0.5, 0.6) is 5.75 Å². The third-order valence-corrected chi connectivity index (χ3v) is 7.30. The Morgan fingerprint density at radius 3 is 2.56 bits per heavy atom. The first-order valence-electron chi connectivity index (χ1n) is 11.2. The molecule has 0 bridgehead atoms. The van der Waals surface area contributed by atoms with Gasteiger partial charge in [-0.25, -0.2) is 13.1 Å². The lowest BCUT2D eigenvalue weighted by Crippen LogP contribution is -2.38. The molecule has 0 aliphatic carbocycles. The number of furan rings is 1. The molecule has 34 heavy (non-hydrogen) atoms. The van der Waals surface area contributed by atoms with Crippen molar-refractivity contribution in [3.05, 3.63) is 53.8 Å². The van der Waals surface area contributed by atoms with E-state index >= 15 is 0 Å². The van der Waals surface area contributed by atoms with Crippen molar-refractivity contribution in [2.75, 3.05) is 51.8 Å². The standard InChI is InChI=1S/C24H29N3O6S/c1-17-21-16-19(31-2)6-9-22(21)33-23(17)24(28)26-18-4-7-20(8-5-18)34(29,30)25-10-3-11-27-12-14-32-15-13-27/h4-9,16,25H,3,10-15H2,1-2H3,(H,26,28). The van der Waals surface area contributed by atoms with Gasteiger partial charge in [-0.05, 0) is 62.4 Å². The first-order valence-corrected chi connectivity index (χ1v) is 12.6. The molecule has 1 aromatic heterocycles. The van der Waals surface area contributed by atoms with E-state index in [1.54, 1.807) is 38.3 Å². The van der Waals surface area contributed by atoms with Gasteiger partial charge < -0.3 is 19.2 Å². The highest BCUT2D eigenvalue weighted by molar-refractivity contribution is 7.89. The van der Waals surface area contributed by atoms with E-state index in [4.69, 9.17) is 13.9 Å². The molecule has 2 aromatic carbocycles. The number of ether oxygens (including phenoxy) is 2. The molecule has 9 nitrogen and oxygen atoms in total. The Labute approximate surface area is 199 Å². The molecular weight excluding hydrogens is 458 g/mol. The van der Waals surface area contributed by atoms with Crippen LogP contribution >= 0.6 is 0 Å². The quantitative estimate of drug-likeness (QED) is 0.447. The largest absolute Gasteiger partial charge is 0.497 e. The number of anilines is 1. The number of morpholine rings is 1. The SMILES string of the molecule is COc1ccc2oc(C(=O)Nc3ccc(S(=O)(=O)NCCCN4CCOCC4)cc3)c(C)c2c1. The van der Waals surface area contributed by atoms with Gasteiger partial charge in [0.1, 0.15) is 11.3 Å². The number of carbonyl (C=O) groups is 1. The number of carbonyl (C=O) groups excluding carboxylic acids is 1. The van der Waals surface area contributed by atoms with E-state index in [1.165, 1.54) is 12.1 Å². The predicted molar refractivity (Wildman–Crippen MR) is 129 cm³/mol. The fourth-order valence-corrected chi connectivity index (χ4v) is 4.94. The maximum absolute atomic E-state index is 12.8. The molecule has 0 atom stereocenters. The van der Waals surface area contributed by atoms with Gasteiger partial charge in [0.15, 0.2) is 5.76 Å². The van der Waals surface area contributed by atoms with Crippen molar-refractivity contribution in [1.82, 2.24) is 9.62 Å². The summed E-state index contributed by atoms with van der Waals surface area (Å²) in [5.41, 5.74) is 1.75. The highest BCUT2D eigenvalue weighted by atomic mass is 32.2. The van der Waals surface area contributed by atoms with Crippen LogP contribution < -0.4 is 14.8 Å². The molecular formula is C24H29N3O6S. The molecule has 0 unspecified atom stereocenters. The Morgan fingerprint density at radius 2 is 1.85 bits per heavy atom. The molecule has 3 aromatic rings. The van der Waals surface area contributed by atoms with E-state index in [0.717, 1.165) is 44.7 Å². The topological polar surface area (TPSA) is 110 Å². The molecule has 1 fully saturated rings. The highest BCUT2D eigenvalue weighted by Gasteiger charge is 2.19. The summed E-state index contributed by atoms with van der Waals surface area (Å²) >= 11 is 0. The smallest absolute Gasteiger partial charge is 0.291 e. The summed E-state index contributed by atoms with van der Waals surface area (Å²) in [6, 6.07) is 11.4. The number of amides is 1. The number of hydrogen-bond acceptors (Lipinski definition) is 7. The molecule has 0 saturated carbocycles. The molecule has 0 spiro atoms. The maximum Gasteiger partial charge on any atom is 0.291 e. The number of hydrogen-bond donors (Lipinski definition) is 2. The van der Waals surface area contributed by atoms with Gasteiger partial charge in [-0.2, -0.15) is 0 Å². The first kappa shape index (κ1) is 24.2. The fraction of sp³-hybridized carbons (Fsp3) is 0.375. The van der Waals surface area contributed by atoms with Gasteiger partial charge in [0.2, 0.25) is 10.0 Å². The number of methoxy groups -OCH3 is 1. The molecule has 10 heteroatoms. The number of nitrogens with one attached hydrogen (secondary N) is 2. The molecule has 1 saturated heterocycles. The van der Waals surface area contributed by atoms with E-state index in [1.807, 2.05) is 6.07 Å². The van der Waals surface area contributed by atoms with Crippen molar-refractivity contribution >= 4 is 32.6 Å². The van der Waals surface area contributed by atoms with Crippen LogP contribution in [0, 0.1) is 6.92 Å². The number of fused-ring (bicyclic) bond motifs is 1. The molecule has 0 radical (unpaired) electrons. The van der Waals surface area contributed by atoms with Crippen molar-refractivity contribution in [2.24, 2.45) is 0 Å². The van der Waals surface area contributed by atoms with Crippen molar-refractivity contribution in [3.63, 3.8) is 0 Å². The Morgan fingerprint density at radius 1 is 1.12 bits per heavy atom. The minimum atomic E-state index is -3.63. The van der Waals surface area contributed by atoms with E-state index in [-0.39, 0.29) is 10.7 Å². The van der Waals surface area contributed by atoms with Crippen molar-refractivity contribution in [2.45, 2.75) is 18.2 Å². The number of aryl methyl sites for hydroxylation is 1. The van der Waals surface area contributed by atoms with Crippen LogP contribution in [-0.2, 0) is 14.8 Å². The fourth-order valence-electron chi connectivity index (χ4n) is 3.87. The van der Waals surface area contributed by atoms with Crippen LogP contribution in [0.1, 0.15) is 22.5 Å². The second-order valence-electron chi connectivity index (χ2n) is 8.10. The van der Waals surface area contributed by atoms with E-state index in [0.29, 0.717) is 29.1 Å². The van der Waals surface area contributed by atoms with Gasteiger partial charge in [0, 0.05) is 36.3 Å². The normalized spacial score (nSPS) is 14.9. The Kier molecular flexibility index (Phi) is 7.52. The zero-order valence-corrected chi connectivity index (χ0v) is 20.1. The molecule has 1 aliphatic heterocycles. The molecule has 4 rings (SSSR count). The van der Waals surface area contributed by atoms with Crippen LogP contribution in [0.15, 0.2) is 51.8 Å². The Bertz CT molecular complexity index is 1250. The van der Waals surface area contributed by atoms with E-state index in [2.05, 4.69) is 14.9 Å². The summed E-state index contributed by atoms with van der Waals surface area (Å²) in [5.74, 6) is 0.459. The van der Waals surface area contributed by atoms with Gasteiger partial charge in [-0.15, -0.1) is 0 Å². The van der Waals surface area contributed by atoms with Gasteiger partial charge in [0.25, 0.3) is 5.91 Å². The second-order valence-corrected chi connectivity index (χ2v) is 9.87. The van der Waals surface area contributed by atoms with Crippen LogP contribution in [0.25, 0.3) is 11.0 Å². The maximum atomic E-state index is 12.8. The lowest BCUT2D eigenvalue weighted by Gasteiger charge is -2.26. The monoisotopic (exact) mass is 487 g/mol. The number of benzene rings is 2. The molecule has 182 valence electrons. The Balaban J connectivity index is 1.35. The second kappa shape index (κ2) is 10.6. The number of nitrogens with zero attached hydrogens (tertiary/aromatic N) is 1. The van der Waals surface area contributed by atoms with Gasteiger partial charge in [-0.3, -0.25) is 9.69 Å². The summed E-state index contributed by atoms with van der Waals surface area (Å²) in [6.45, 7) is 6.18. The lowest BCUT2D eigenvalue weighted by atomic mass is 10.1. The number of rotatable bonds is 9. The third-order valence-electron chi connectivity index (χ3n) is 5.82. The van der Waals surface area contributed by atoms with Crippen molar-refractivity contribution < 1.29 is 27.1 Å². The summed E-state index contributed by atoms with van der Waals surface area (Å²) in [5, 5.41) is 3.56. The summed E-state index contributed by atoms with van der Waals surface area (Å²) in [6.07, 6.45) is 0.718. The highest BCUT2D eigenvalue weighted by Crippen LogP contribution is 2.29. The van der Waals surface area contributed by atoms with E-state index < -0.39 is 15.9 Å². The van der Waals surface area contributed by atoms with Crippen molar-refractivity contribution in [3.8, 4) is 5.75 Å². The molecule has 1 aliphatic rings. The summed E-state index contributed by atoms with van der Waals surface area (Å²) in [4.78, 5) is 15.2. The minimum absolute atomic E-state index is 0.142. The molecule has 1 amide bonds. The van der Waals surface area contributed by atoms with Gasteiger partial charge >= 0.3 is 0 Å². The first-order chi connectivity index (χ1) is 16.4. The predicted octanol–water partition coefficient (Wildman–Crippen LogP) is 3.00. The van der Waals surface area contributed by atoms with Crippen LogP contribution in [0.3, 0.4) is 0 Å². The zero-order valence-electron chi connectivity index (χ0n) is 19.3. The molecule has 2 N–H and O–H groups in total. The average molecular weight is 488 g/mol. The number of sulfonamides is 1. The minimum Gasteiger partial charge on any atom is -0.497 e. The average Bonchev–Trinajstić information content (AvgIpc) is 3.18. The summed E-state index contributed by atoms with van der Waals surface area (Å²) < 4.78 is 44.1. The van der Waals surface area contributed by atoms with Crippen LogP contribution in [0.4, 0.5) is 5.69 Å². The van der Waals surface area contributed by atoms with Crippen LogP contribution in [0.2, 0.25) is 0 Å². The van der Waals surface area contributed by atoms with Crippen LogP contribution in [-0.4, -0.2) is 65.7 Å². The van der Waals surface area contributed by atoms with Gasteiger partial charge in [-0.1, -0.05) is 0 Å². The Hall–Kier alpha value is -2.92. The third kappa shape index (κ3) is 5.58. The zero-order chi connectivity index (χ0) is 24.1. The lowest BCUT2D eigenvalue weighted by molar-refractivity contribution is 0.0376. The van der Waals surface area contributed by atoms with Gasteiger partial charge in [0.05, 0.1) is 25.2 Å². The van der Waals surface area contributed by atoms with Crippen molar-refractivity contribution in [1.29, 1.82) is 0 Å². The molecule has 2 heterocycles. The van der Waals surface area contributed by atoms with E-state index in [9.17, 15) is 13.2 Å².